The van der Waals surface area contributed by atoms with E-state index in [0.717, 1.165) is 18.8 Å². The molecule has 1 aliphatic rings. The van der Waals surface area contributed by atoms with Crippen molar-refractivity contribution < 1.29 is 5.11 Å². The summed E-state index contributed by atoms with van der Waals surface area (Å²) in [5, 5.41) is 10.1. The summed E-state index contributed by atoms with van der Waals surface area (Å²) in [5.41, 5.74) is 4.10. The van der Waals surface area contributed by atoms with Gasteiger partial charge in [-0.1, -0.05) is 25.1 Å². The number of aryl methyl sites for hydroxylation is 2. The monoisotopic (exact) mass is 232 g/mol. The third-order valence-corrected chi connectivity index (χ3v) is 4.27. The first kappa shape index (κ1) is 12.6. The molecule has 1 aromatic rings. The Morgan fingerprint density at radius 3 is 2.65 bits per heavy atom. The quantitative estimate of drug-likeness (QED) is 0.825. The van der Waals surface area contributed by atoms with Crippen LogP contribution in [0.2, 0.25) is 0 Å². The van der Waals surface area contributed by atoms with Crippen LogP contribution in [-0.2, 0) is 6.42 Å². The van der Waals surface area contributed by atoms with Crippen LogP contribution < -0.4 is 0 Å². The molecule has 3 unspecified atom stereocenters. The summed E-state index contributed by atoms with van der Waals surface area (Å²) in [7, 11) is 0. The van der Waals surface area contributed by atoms with E-state index in [1.807, 2.05) is 0 Å². The number of aliphatic hydroxyl groups excluding tert-OH is 1. The predicted molar refractivity (Wildman–Crippen MR) is 72.1 cm³/mol. The van der Waals surface area contributed by atoms with Gasteiger partial charge in [0.05, 0.1) is 6.10 Å². The maximum absolute atomic E-state index is 10.1. The minimum Gasteiger partial charge on any atom is -0.393 e. The maximum Gasteiger partial charge on any atom is 0.0571 e. The second-order valence-electron chi connectivity index (χ2n) is 5.87. The molecule has 0 heterocycles. The zero-order valence-electron chi connectivity index (χ0n) is 11.2. The molecule has 0 aromatic heterocycles. The number of benzene rings is 1. The molecule has 3 atom stereocenters. The lowest BCUT2D eigenvalue weighted by Gasteiger charge is -2.31. The van der Waals surface area contributed by atoms with Crippen LogP contribution in [-0.4, -0.2) is 11.2 Å². The van der Waals surface area contributed by atoms with E-state index >= 15 is 0 Å². The van der Waals surface area contributed by atoms with E-state index in [0.29, 0.717) is 5.92 Å². The van der Waals surface area contributed by atoms with Gasteiger partial charge < -0.3 is 5.11 Å². The molecule has 1 saturated carbocycles. The Morgan fingerprint density at radius 2 is 1.94 bits per heavy atom. The van der Waals surface area contributed by atoms with E-state index in [4.69, 9.17) is 0 Å². The molecule has 0 bridgehead atoms. The zero-order chi connectivity index (χ0) is 12.4. The van der Waals surface area contributed by atoms with Gasteiger partial charge >= 0.3 is 0 Å². The van der Waals surface area contributed by atoms with Gasteiger partial charge in [-0.3, -0.25) is 0 Å². The molecule has 1 fully saturated rings. The second kappa shape index (κ2) is 5.22. The third-order valence-electron chi connectivity index (χ3n) is 4.27. The molecule has 0 aliphatic heterocycles. The van der Waals surface area contributed by atoms with Gasteiger partial charge in [-0.2, -0.15) is 0 Å². The topological polar surface area (TPSA) is 20.2 Å². The SMILES string of the molecule is Cc1ccc(CC2CC(C)CCC2O)cc1C. The highest BCUT2D eigenvalue weighted by Crippen LogP contribution is 2.31. The lowest BCUT2D eigenvalue weighted by Crippen LogP contribution is -2.29. The Bertz CT molecular complexity index is 383. The Labute approximate surface area is 105 Å². The van der Waals surface area contributed by atoms with Crippen molar-refractivity contribution in [2.75, 3.05) is 0 Å². The van der Waals surface area contributed by atoms with E-state index in [1.165, 1.54) is 29.5 Å². The van der Waals surface area contributed by atoms with Gasteiger partial charge in [-0.25, -0.2) is 0 Å². The summed E-state index contributed by atoms with van der Waals surface area (Å²) in [4.78, 5) is 0. The molecule has 1 heteroatoms. The molecule has 2 rings (SSSR count). The number of rotatable bonds is 2. The van der Waals surface area contributed by atoms with Gasteiger partial charge in [0.15, 0.2) is 0 Å². The van der Waals surface area contributed by atoms with Crippen molar-refractivity contribution in [3.63, 3.8) is 0 Å². The van der Waals surface area contributed by atoms with E-state index in [9.17, 15) is 5.11 Å². The molecular weight excluding hydrogens is 208 g/mol. The molecule has 0 saturated heterocycles. The van der Waals surface area contributed by atoms with Crippen LogP contribution in [0.4, 0.5) is 0 Å². The van der Waals surface area contributed by atoms with E-state index in [-0.39, 0.29) is 6.10 Å². The van der Waals surface area contributed by atoms with Crippen LogP contribution in [0.15, 0.2) is 18.2 Å². The Morgan fingerprint density at radius 1 is 1.18 bits per heavy atom. The zero-order valence-corrected chi connectivity index (χ0v) is 11.2. The largest absolute Gasteiger partial charge is 0.393 e. The standard InChI is InChI=1S/C16H24O/c1-11-4-7-16(17)15(8-11)10-14-6-5-12(2)13(3)9-14/h5-6,9,11,15-17H,4,7-8,10H2,1-3H3. The minimum atomic E-state index is -0.0900. The minimum absolute atomic E-state index is 0.0900. The number of hydrogen-bond acceptors (Lipinski definition) is 1. The molecule has 1 aromatic carbocycles. The summed E-state index contributed by atoms with van der Waals surface area (Å²) < 4.78 is 0. The molecule has 1 aliphatic carbocycles. The van der Waals surface area contributed by atoms with Crippen LogP contribution >= 0.6 is 0 Å². The van der Waals surface area contributed by atoms with Crippen LogP contribution in [0.25, 0.3) is 0 Å². The first-order valence-corrected chi connectivity index (χ1v) is 6.80. The normalized spacial score (nSPS) is 29.3. The van der Waals surface area contributed by atoms with Crippen molar-refractivity contribution in [2.24, 2.45) is 11.8 Å². The highest BCUT2D eigenvalue weighted by Gasteiger charge is 2.26. The molecule has 1 nitrogen and oxygen atoms in total. The fourth-order valence-electron chi connectivity index (χ4n) is 2.94. The molecular formula is C16H24O. The molecule has 17 heavy (non-hydrogen) atoms. The van der Waals surface area contributed by atoms with Crippen molar-refractivity contribution in [1.82, 2.24) is 0 Å². The summed E-state index contributed by atoms with van der Waals surface area (Å²) in [6.45, 7) is 6.62. The number of hydrogen-bond donors (Lipinski definition) is 1. The first-order valence-electron chi connectivity index (χ1n) is 6.80. The van der Waals surface area contributed by atoms with Gasteiger partial charge in [0.25, 0.3) is 0 Å². The first-order chi connectivity index (χ1) is 8.06. The molecule has 1 N–H and O–H groups in total. The van der Waals surface area contributed by atoms with Crippen molar-refractivity contribution in [1.29, 1.82) is 0 Å². The van der Waals surface area contributed by atoms with Crippen LogP contribution in [0.1, 0.15) is 42.9 Å². The summed E-state index contributed by atoms with van der Waals surface area (Å²) >= 11 is 0. The van der Waals surface area contributed by atoms with Crippen LogP contribution in [0, 0.1) is 25.7 Å². The van der Waals surface area contributed by atoms with Gasteiger partial charge in [-0.15, -0.1) is 0 Å². The lowest BCUT2D eigenvalue weighted by atomic mass is 9.77. The van der Waals surface area contributed by atoms with Crippen LogP contribution in [0.3, 0.4) is 0 Å². The summed E-state index contributed by atoms with van der Waals surface area (Å²) in [5.74, 6) is 1.23. The molecule has 0 radical (unpaired) electrons. The van der Waals surface area contributed by atoms with E-state index in [1.54, 1.807) is 0 Å². The van der Waals surface area contributed by atoms with Crippen molar-refractivity contribution in [2.45, 2.75) is 52.6 Å². The van der Waals surface area contributed by atoms with Gasteiger partial charge in [-0.05, 0) is 68.1 Å². The van der Waals surface area contributed by atoms with Crippen molar-refractivity contribution in [3.8, 4) is 0 Å². The smallest absolute Gasteiger partial charge is 0.0571 e. The van der Waals surface area contributed by atoms with E-state index in [2.05, 4.69) is 39.0 Å². The Kier molecular flexibility index (Phi) is 3.88. The fraction of sp³-hybridized carbons (Fsp3) is 0.625. The van der Waals surface area contributed by atoms with Gasteiger partial charge in [0.2, 0.25) is 0 Å². The predicted octanol–water partition coefficient (Wildman–Crippen LogP) is 3.64. The lowest BCUT2D eigenvalue weighted by molar-refractivity contribution is 0.0519. The molecule has 94 valence electrons. The average Bonchev–Trinajstić information content (AvgIpc) is 2.29. The van der Waals surface area contributed by atoms with E-state index < -0.39 is 0 Å². The van der Waals surface area contributed by atoms with Gasteiger partial charge in [0, 0.05) is 0 Å². The highest BCUT2D eigenvalue weighted by molar-refractivity contribution is 5.30. The fourth-order valence-corrected chi connectivity index (χ4v) is 2.94. The maximum atomic E-state index is 10.1. The van der Waals surface area contributed by atoms with Gasteiger partial charge in [0.1, 0.15) is 0 Å². The Hall–Kier alpha value is -0.820. The second-order valence-corrected chi connectivity index (χ2v) is 5.87. The average molecular weight is 232 g/mol. The molecule has 0 amide bonds. The van der Waals surface area contributed by atoms with Crippen LogP contribution in [0.5, 0.6) is 0 Å². The molecule has 0 spiro atoms. The number of aliphatic hydroxyl groups is 1. The summed E-state index contributed by atoms with van der Waals surface area (Å²) in [6.07, 6.45) is 4.29. The van der Waals surface area contributed by atoms with Crippen molar-refractivity contribution in [3.05, 3.63) is 34.9 Å². The summed E-state index contributed by atoms with van der Waals surface area (Å²) in [6, 6.07) is 6.69. The Balaban J connectivity index is 2.06. The third kappa shape index (κ3) is 3.10. The van der Waals surface area contributed by atoms with Crippen molar-refractivity contribution >= 4 is 0 Å². The highest BCUT2D eigenvalue weighted by atomic mass is 16.3.